The van der Waals surface area contributed by atoms with Crippen LogP contribution in [0.4, 0.5) is 4.39 Å². The van der Waals surface area contributed by atoms with Gasteiger partial charge in [-0.3, -0.25) is 0 Å². The zero-order chi connectivity index (χ0) is 17.2. The molecule has 25 heavy (non-hydrogen) atoms. The molecule has 0 N–H and O–H groups in total. The van der Waals surface area contributed by atoms with Gasteiger partial charge in [-0.1, -0.05) is 11.3 Å². The first-order chi connectivity index (χ1) is 12.2. The minimum atomic E-state index is -0.277. The molecule has 0 atom stereocenters. The van der Waals surface area contributed by atoms with Gasteiger partial charge in [0.05, 0.1) is 7.11 Å². The summed E-state index contributed by atoms with van der Waals surface area (Å²) in [6.07, 6.45) is 0. The van der Waals surface area contributed by atoms with Crippen molar-refractivity contribution in [1.82, 2.24) is 19.8 Å². The van der Waals surface area contributed by atoms with Gasteiger partial charge in [-0.25, -0.2) is 4.39 Å². The number of ether oxygens (including phenoxy) is 2. The monoisotopic (exact) mass is 356 g/mol. The van der Waals surface area contributed by atoms with Crippen molar-refractivity contribution in [3.8, 4) is 22.1 Å². The number of halogens is 1. The number of nitrogens with zero attached hydrogens (tertiary/aromatic N) is 4. The summed E-state index contributed by atoms with van der Waals surface area (Å²) < 4.78 is 25.5. The van der Waals surface area contributed by atoms with Gasteiger partial charge in [0.2, 0.25) is 4.96 Å². The number of fused-ring (bicyclic) bond motifs is 1. The van der Waals surface area contributed by atoms with Crippen LogP contribution in [0, 0.1) is 5.82 Å². The summed E-state index contributed by atoms with van der Waals surface area (Å²) in [7, 11) is 1.61. The minimum Gasteiger partial charge on any atom is -0.497 e. The molecule has 0 saturated heterocycles. The van der Waals surface area contributed by atoms with E-state index in [1.54, 1.807) is 23.8 Å². The summed E-state index contributed by atoms with van der Waals surface area (Å²) in [5.74, 6) is 1.78. The van der Waals surface area contributed by atoms with Crippen LogP contribution in [0.25, 0.3) is 15.5 Å². The van der Waals surface area contributed by atoms with Crippen molar-refractivity contribution in [1.29, 1.82) is 0 Å². The van der Waals surface area contributed by atoms with E-state index in [9.17, 15) is 4.39 Å². The first-order valence-electron chi connectivity index (χ1n) is 7.47. The van der Waals surface area contributed by atoms with Crippen LogP contribution in [0.5, 0.6) is 11.5 Å². The Morgan fingerprint density at radius 2 is 1.72 bits per heavy atom. The van der Waals surface area contributed by atoms with Crippen molar-refractivity contribution in [3.05, 3.63) is 60.2 Å². The Morgan fingerprint density at radius 1 is 1.00 bits per heavy atom. The fourth-order valence-corrected chi connectivity index (χ4v) is 3.14. The SMILES string of the molecule is COc1ccc(OCc2nnc3sc(-c4ccc(F)cc4)nn23)cc1. The van der Waals surface area contributed by atoms with E-state index in [2.05, 4.69) is 15.3 Å². The Morgan fingerprint density at radius 3 is 2.44 bits per heavy atom. The van der Waals surface area contributed by atoms with Gasteiger partial charge in [-0.15, -0.1) is 10.2 Å². The van der Waals surface area contributed by atoms with E-state index >= 15 is 0 Å². The smallest absolute Gasteiger partial charge is 0.235 e. The zero-order valence-electron chi connectivity index (χ0n) is 13.2. The summed E-state index contributed by atoms with van der Waals surface area (Å²) in [4.78, 5) is 0.660. The van der Waals surface area contributed by atoms with Gasteiger partial charge in [0.25, 0.3) is 0 Å². The highest BCUT2D eigenvalue weighted by Gasteiger charge is 2.13. The van der Waals surface area contributed by atoms with Crippen molar-refractivity contribution in [2.75, 3.05) is 7.11 Å². The van der Waals surface area contributed by atoms with Gasteiger partial charge < -0.3 is 9.47 Å². The van der Waals surface area contributed by atoms with Gasteiger partial charge in [-0.2, -0.15) is 9.61 Å². The third-order valence-corrected chi connectivity index (χ3v) is 4.52. The molecule has 2 aromatic heterocycles. The van der Waals surface area contributed by atoms with Crippen LogP contribution in [0.3, 0.4) is 0 Å². The Kier molecular flexibility index (Phi) is 4.02. The molecule has 6 nitrogen and oxygen atoms in total. The maximum absolute atomic E-state index is 13.1. The molecule has 0 radical (unpaired) electrons. The molecular weight excluding hydrogens is 343 g/mol. The molecule has 0 saturated carbocycles. The highest BCUT2D eigenvalue weighted by atomic mass is 32.1. The number of methoxy groups -OCH3 is 1. The molecule has 0 unspecified atom stereocenters. The summed E-state index contributed by atoms with van der Waals surface area (Å²) in [5, 5.41) is 13.5. The van der Waals surface area contributed by atoms with E-state index in [0.29, 0.717) is 16.5 Å². The normalized spacial score (nSPS) is 11.0. The Labute approximate surface area is 146 Å². The second kappa shape index (κ2) is 6.48. The number of hydrogen-bond donors (Lipinski definition) is 0. The maximum Gasteiger partial charge on any atom is 0.235 e. The molecule has 0 spiro atoms. The highest BCUT2D eigenvalue weighted by Crippen LogP contribution is 2.26. The van der Waals surface area contributed by atoms with E-state index in [4.69, 9.17) is 9.47 Å². The van der Waals surface area contributed by atoms with Gasteiger partial charge in [-0.05, 0) is 48.5 Å². The largest absolute Gasteiger partial charge is 0.497 e. The van der Waals surface area contributed by atoms with Crippen molar-refractivity contribution in [3.63, 3.8) is 0 Å². The van der Waals surface area contributed by atoms with Crippen LogP contribution in [-0.4, -0.2) is 26.9 Å². The Hall–Kier alpha value is -3.00. The maximum atomic E-state index is 13.1. The lowest BCUT2D eigenvalue weighted by Gasteiger charge is -2.05. The first kappa shape index (κ1) is 15.5. The molecule has 0 fully saturated rings. The average molecular weight is 356 g/mol. The zero-order valence-corrected chi connectivity index (χ0v) is 14.0. The van der Waals surface area contributed by atoms with E-state index in [1.807, 2.05) is 24.3 Å². The number of hydrogen-bond acceptors (Lipinski definition) is 6. The molecule has 8 heteroatoms. The Bertz CT molecular complexity index is 996. The van der Waals surface area contributed by atoms with Crippen LogP contribution in [0.15, 0.2) is 48.5 Å². The predicted octanol–water partition coefficient (Wildman–Crippen LogP) is 3.58. The fraction of sp³-hybridized carbons (Fsp3) is 0.118. The van der Waals surface area contributed by atoms with Crippen LogP contribution in [-0.2, 0) is 6.61 Å². The summed E-state index contributed by atoms with van der Waals surface area (Å²) >= 11 is 1.39. The average Bonchev–Trinajstić information content (AvgIpc) is 3.22. The van der Waals surface area contributed by atoms with E-state index in [0.717, 1.165) is 16.3 Å². The fourth-order valence-electron chi connectivity index (χ4n) is 2.28. The second-order valence-corrected chi connectivity index (χ2v) is 6.14. The van der Waals surface area contributed by atoms with Crippen molar-refractivity contribution in [2.45, 2.75) is 6.61 Å². The van der Waals surface area contributed by atoms with Crippen LogP contribution in [0.1, 0.15) is 5.82 Å². The quantitative estimate of drug-likeness (QED) is 0.547. The topological polar surface area (TPSA) is 61.5 Å². The van der Waals surface area contributed by atoms with Crippen molar-refractivity contribution >= 4 is 16.3 Å². The summed E-state index contributed by atoms with van der Waals surface area (Å²) in [6.45, 7) is 0.236. The lowest BCUT2D eigenvalue weighted by atomic mass is 10.2. The van der Waals surface area contributed by atoms with Crippen molar-refractivity contribution < 1.29 is 13.9 Å². The van der Waals surface area contributed by atoms with E-state index < -0.39 is 0 Å². The molecule has 4 rings (SSSR count). The summed E-state index contributed by atoms with van der Waals surface area (Å²) in [6, 6.07) is 13.5. The highest BCUT2D eigenvalue weighted by molar-refractivity contribution is 7.19. The molecule has 0 bridgehead atoms. The van der Waals surface area contributed by atoms with E-state index in [-0.39, 0.29) is 12.4 Å². The summed E-state index contributed by atoms with van der Waals surface area (Å²) in [5.41, 5.74) is 0.832. The van der Waals surface area contributed by atoms with Gasteiger partial charge in [0.15, 0.2) is 5.82 Å². The number of aromatic nitrogens is 4. The Balaban J connectivity index is 1.54. The van der Waals surface area contributed by atoms with E-state index in [1.165, 1.54) is 23.5 Å². The molecule has 126 valence electrons. The number of benzene rings is 2. The molecule has 4 aromatic rings. The molecule has 2 heterocycles. The van der Waals surface area contributed by atoms with Crippen LogP contribution >= 0.6 is 11.3 Å². The van der Waals surface area contributed by atoms with Crippen molar-refractivity contribution in [2.24, 2.45) is 0 Å². The second-order valence-electron chi connectivity index (χ2n) is 5.19. The molecule has 0 aliphatic carbocycles. The molecule has 2 aromatic carbocycles. The van der Waals surface area contributed by atoms with Crippen LogP contribution in [0.2, 0.25) is 0 Å². The predicted molar refractivity (Wildman–Crippen MR) is 91.4 cm³/mol. The number of rotatable bonds is 5. The minimum absolute atomic E-state index is 0.236. The van der Waals surface area contributed by atoms with Crippen LogP contribution < -0.4 is 9.47 Å². The standard InChI is InChI=1S/C17H13FN4O2S/c1-23-13-6-8-14(9-7-13)24-10-15-19-20-17-22(15)21-16(25-17)11-2-4-12(18)5-3-11/h2-9H,10H2,1H3. The molecule has 0 amide bonds. The van der Waals surface area contributed by atoms with Gasteiger partial charge in [0, 0.05) is 5.56 Å². The van der Waals surface area contributed by atoms with Gasteiger partial charge >= 0.3 is 0 Å². The third-order valence-electron chi connectivity index (χ3n) is 3.57. The third kappa shape index (κ3) is 3.16. The molecule has 0 aliphatic rings. The molecular formula is C17H13FN4O2S. The van der Waals surface area contributed by atoms with Gasteiger partial charge in [0.1, 0.15) is 28.9 Å². The molecule has 0 aliphatic heterocycles. The lowest BCUT2D eigenvalue weighted by Crippen LogP contribution is -2.02. The first-order valence-corrected chi connectivity index (χ1v) is 8.28. The lowest BCUT2D eigenvalue weighted by molar-refractivity contribution is 0.292.